The molecule has 0 aliphatic heterocycles. The molecule has 33 heavy (non-hydrogen) atoms. The van der Waals surface area contributed by atoms with Crippen LogP contribution in [0.2, 0.25) is 0 Å². The van der Waals surface area contributed by atoms with Crippen LogP contribution in [0.1, 0.15) is 89.9 Å². The zero-order valence-corrected chi connectivity index (χ0v) is 20.4. The van der Waals surface area contributed by atoms with Gasteiger partial charge in [-0.05, 0) is 67.9 Å². The summed E-state index contributed by atoms with van der Waals surface area (Å²) in [5, 5.41) is 10.0. The van der Waals surface area contributed by atoms with Crippen LogP contribution in [0.25, 0.3) is 10.8 Å². The summed E-state index contributed by atoms with van der Waals surface area (Å²) in [7, 11) is 0. The molecule has 2 aliphatic carbocycles. The first-order chi connectivity index (χ1) is 16.4. The van der Waals surface area contributed by atoms with Gasteiger partial charge >= 0.3 is 0 Å². The number of guanidine groups is 1. The molecule has 0 unspecified atom stereocenters. The van der Waals surface area contributed by atoms with Crippen LogP contribution in [0.3, 0.4) is 0 Å². The van der Waals surface area contributed by atoms with E-state index in [0.717, 1.165) is 37.7 Å². The second kappa shape index (κ2) is 13.5. The minimum absolute atomic E-state index is 0.612. The summed E-state index contributed by atoms with van der Waals surface area (Å²) >= 11 is 0. The normalized spacial score (nSPS) is 17.6. The molecule has 0 aromatic heterocycles. The molecule has 2 aromatic rings. The molecular formula is C29H43N3O. The lowest BCUT2D eigenvalue weighted by Gasteiger charge is -2.29. The van der Waals surface area contributed by atoms with Crippen molar-refractivity contribution in [2.75, 3.05) is 13.2 Å². The summed E-state index contributed by atoms with van der Waals surface area (Å²) in [6, 6.07) is 16.0. The number of nitrogens with zero attached hydrogens (tertiary/aromatic N) is 1. The van der Waals surface area contributed by atoms with Crippen LogP contribution in [-0.2, 0) is 0 Å². The molecule has 0 bridgehead atoms. The van der Waals surface area contributed by atoms with Crippen molar-refractivity contribution in [3.05, 3.63) is 42.5 Å². The highest BCUT2D eigenvalue weighted by Crippen LogP contribution is 2.21. The predicted octanol–water partition coefficient (Wildman–Crippen LogP) is 6.98. The molecule has 0 saturated heterocycles. The Morgan fingerprint density at radius 1 is 0.727 bits per heavy atom. The first-order valence-corrected chi connectivity index (χ1v) is 13.6. The van der Waals surface area contributed by atoms with E-state index in [1.165, 1.54) is 87.8 Å². The molecule has 0 heterocycles. The molecule has 2 aromatic carbocycles. The highest BCUT2D eigenvalue weighted by molar-refractivity contribution is 5.83. The summed E-state index contributed by atoms with van der Waals surface area (Å²) < 4.78 is 5.98. The first kappa shape index (κ1) is 23.9. The van der Waals surface area contributed by atoms with E-state index in [2.05, 4.69) is 53.1 Å². The minimum Gasteiger partial charge on any atom is -0.494 e. The van der Waals surface area contributed by atoms with E-state index in [1.807, 2.05) is 0 Å². The Morgan fingerprint density at radius 2 is 1.36 bits per heavy atom. The van der Waals surface area contributed by atoms with Crippen LogP contribution >= 0.6 is 0 Å². The lowest BCUT2D eigenvalue weighted by molar-refractivity contribution is 0.305. The molecule has 0 radical (unpaired) electrons. The number of hydrogen-bond acceptors (Lipinski definition) is 2. The number of rotatable bonds is 10. The fourth-order valence-electron chi connectivity index (χ4n) is 5.22. The van der Waals surface area contributed by atoms with Crippen LogP contribution in [0.4, 0.5) is 0 Å². The lowest BCUT2D eigenvalue weighted by atomic mass is 9.95. The van der Waals surface area contributed by atoms with Crippen molar-refractivity contribution >= 4 is 16.7 Å². The third-order valence-corrected chi connectivity index (χ3v) is 7.20. The number of aliphatic imine (C=N–C) groups is 1. The van der Waals surface area contributed by atoms with Gasteiger partial charge in [-0.2, -0.15) is 0 Å². The van der Waals surface area contributed by atoms with Crippen molar-refractivity contribution in [1.82, 2.24) is 10.6 Å². The number of ether oxygens (including phenoxy) is 1. The Bertz CT molecular complexity index is 831. The standard InChI is InChI=1S/C29H43N3O/c1(2-12-22-33-28-20-19-24-13-9-10-14-25(24)23-28)11-21-30-29(31-26-15-5-3-6-16-26)32-27-17-7-4-8-18-27/h9-10,13-14,19-20,23,26-27H,1-8,11-12,15-18,21-22H2,(H2,30,31,32). The maximum atomic E-state index is 5.98. The van der Waals surface area contributed by atoms with Gasteiger partial charge in [0.2, 0.25) is 0 Å². The SMILES string of the molecule is c1ccc2cc(OCCCCCCN=C(NC3CCCCC3)NC3CCCCC3)ccc2c1. The van der Waals surface area contributed by atoms with Crippen molar-refractivity contribution in [2.24, 2.45) is 4.99 Å². The first-order valence-electron chi connectivity index (χ1n) is 13.6. The number of nitrogens with one attached hydrogen (secondary N) is 2. The van der Waals surface area contributed by atoms with E-state index in [-0.39, 0.29) is 0 Å². The zero-order valence-electron chi connectivity index (χ0n) is 20.4. The third-order valence-electron chi connectivity index (χ3n) is 7.20. The van der Waals surface area contributed by atoms with Crippen molar-refractivity contribution in [3.63, 3.8) is 0 Å². The molecule has 0 atom stereocenters. The highest BCUT2D eigenvalue weighted by atomic mass is 16.5. The highest BCUT2D eigenvalue weighted by Gasteiger charge is 2.18. The van der Waals surface area contributed by atoms with Crippen LogP contribution in [0.5, 0.6) is 5.75 Å². The number of fused-ring (bicyclic) bond motifs is 1. The van der Waals surface area contributed by atoms with Crippen molar-refractivity contribution < 1.29 is 4.74 Å². The van der Waals surface area contributed by atoms with E-state index in [0.29, 0.717) is 12.1 Å². The largest absolute Gasteiger partial charge is 0.494 e. The van der Waals surface area contributed by atoms with Gasteiger partial charge in [-0.15, -0.1) is 0 Å². The number of benzene rings is 2. The average molecular weight is 450 g/mol. The van der Waals surface area contributed by atoms with E-state index in [4.69, 9.17) is 9.73 Å². The van der Waals surface area contributed by atoms with E-state index >= 15 is 0 Å². The van der Waals surface area contributed by atoms with Crippen LogP contribution in [-0.4, -0.2) is 31.2 Å². The predicted molar refractivity (Wildman–Crippen MR) is 140 cm³/mol. The molecular weight excluding hydrogens is 406 g/mol. The van der Waals surface area contributed by atoms with E-state index in [9.17, 15) is 0 Å². The monoisotopic (exact) mass is 449 g/mol. The Labute approximate surface area is 200 Å². The summed E-state index contributed by atoms with van der Waals surface area (Å²) in [5.41, 5.74) is 0. The summed E-state index contributed by atoms with van der Waals surface area (Å²) in [5.74, 6) is 2.05. The molecule has 0 amide bonds. The van der Waals surface area contributed by atoms with E-state index in [1.54, 1.807) is 0 Å². The Kier molecular flexibility index (Phi) is 9.76. The van der Waals surface area contributed by atoms with Crippen LogP contribution < -0.4 is 15.4 Å². The van der Waals surface area contributed by atoms with Gasteiger partial charge in [0, 0.05) is 18.6 Å². The van der Waals surface area contributed by atoms with Gasteiger partial charge in [0.15, 0.2) is 5.96 Å². The van der Waals surface area contributed by atoms with Gasteiger partial charge in [-0.25, -0.2) is 0 Å². The Hall–Kier alpha value is -2.23. The van der Waals surface area contributed by atoms with Gasteiger partial charge in [0.05, 0.1) is 6.61 Å². The summed E-state index contributed by atoms with van der Waals surface area (Å²) in [6.07, 6.45) is 18.1. The summed E-state index contributed by atoms with van der Waals surface area (Å²) in [4.78, 5) is 4.97. The topological polar surface area (TPSA) is 45.6 Å². The molecule has 180 valence electrons. The third kappa shape index (κ3) is 8.24. The van der Waals surface area contributed by atoms with Gasteiger partial charge < -0.3 is 15.4 Å². The van der Waals surface area contributed by atoms with Gasteiger partial charge in [-0.3, -0.25) is 4.99 Å². The van der Waals surface area contributed by atoms with Crippen molar-refractivity contribution in [2.45, 2.75) is 102 Å². The van der Waals surface area contributed by atoms with Crippen LogP contribution in [0.15, 0.2) is 47.5 Å². The molecule has 2 aliphatic rings. The van der Waals surface area contributed by atoms with Gasteiger partial charge in [-0.1, -0.05) is 75.3 Å². The van der Waals surface area contributed by atoms with Crippen molar-refractivity contribution in [1.29, 1.82) is 0 Å². The molecule has 0 spiro atoms. The van der Waals surface area contributed by atoms with Crippen LogP contribution in [0, 0.1) is 0 Å². The lowest BCUT2D eigenvalue weighted by Crippen LogP contribution is -2.48. The fraction of sp³-hybridized carbons (Fsp3) is 0.621. The molecule has 4 rings (SSSR count). The number of unbranched alkanes of at least 4 members (excludes halogenated alkanes) is 3. The molecule has 2 fully saturated rings. The van der Waals surface area contributed by atoms with Crippen molar-refractivity contribution in [3.8, 4) is 5.75 Å². The maximum absolute atomic E-state index is 5.98. The quantitative estimate of drug-likeness (QED) is 0.234. The Morgan fingerprint density at radius 3 is 2.06 bits per heavy atom. The molecule has 4 heteroatoms. The minimum atomic E-state index is 0.612. The molecule has 4 nitrogen and oxygen atoms in total. The smallest absolute Gasteiger partial charge is 0.191 e. The maximum Gasteiger partial charge on any atom is 0.191 e. The molecule has 2 N–H and O–H groups in total. The second-order valence-corrected chi connectivity index (χ2v) is 9.96. The van der Waals surface area contributed by atoms with Gasteiger partial charge in [0.25, 0.3) is 0 Å². The zero-order chi connectivity index (χ0) is 22.6. The van der Waals surface area contributed by atoms with Gasteiger partial charge in [0.1, 0.15) is 5.75 Å². The molecule has 2 saturated carbocycles. The average Bonchev–Trinajstić information content (AvgIpc) is 2.86. The summed E-state index contributed by atoms with van der Waals surface area (Å²) in [6.45, 7) is 1.71. The van der Waals surface area contributed by atoms with E-state index < -0.39 is 0 Å². The second-order valence-electron chi connectivity index (χ2n) is 9.96. The Balaban J connectivity index is 1.14. The fourth-order valence-corrected chi connectivity index (χ4v) is 5.22. The number of hydrogen-bond donors (Lipinski definition) is 2.